The zero-order chi connectivity index (χ0) is 6.69. The Morgan fingerprint density at radius 3 is 3.11 bits per heavy atom. The fourth-order valence-corrected chi connectivity index (χ4v) is 0.608. The highest BCUT2D eigenvalue weighted by molar-refractivity contribution is 5.11. The normalized spacial score (nSPS) is 25.6. The molecule has 1 unspecified atom stereocenters. The number of ether oxygens (including phenoxy) is 2. The molecular weight excluding hydrogens is 118 g/mol. The van der Waals surface area contributed by atoms with Crippen molar-refractivity contribution >= 4 is 0 Å². The maximum Gasteiger partial charge on any atom is 0.297 e. The van der Waals surface area contributed by atoms with Crippen LogP contribution in [0.25, 0.3) is 0 Å². The molecule has 9 heavy (non-hydrogen) atoms. The first-order valence-electron chi connectivity index (χ1n) is 2.52. The third-order valence-corrected chi connectivity index (χ3v) is 1.05. The second-order valence-corrected chi connectivity index (χ2v) is 1.58. The van der Waals surface area contributed by atoms with Crippen molar-refractivity contribution in [3.05, 3.63) is 18.6 Å². The molecule has 1 aliphatic rings. The van der Waals surface area contributed by atoms with Crippen LogP contribution in [0, 0.1) is 23.5 Å². The molecule has 0 aromatic carbocycles. The molecule has 1 aliphatic heterocycles. The van der Waals surface area contributed by atoms with Crippen LogP contribution in [0.3, 0.4) is 0 Å². The Kier molecular flexibility index (Phi) is 1.71. The molecule has 1 radical (unpaired) electrons. The second kappa shape index (κ2) is 2.51. The minimum absolute atomic E-state index is 0.324. The molecule has 0 aromatic rings. The summed E-state index contributed by atoms with van der Waals surface area (Å²) >= 11 is 0. The van der Waals surface area contributed by atoms with E-state index in [1.165, 1.54) is 13.4 Å². The SMILES string of the molecule is CO[C]1OC=CC1C#N. The van der Waals surface area contributed by atoms with Crippen LogP contribution >= 0.6 is 0 Å². The van der Waals surface area contributed by atoms with Crippen molar-refractivity contribution in [2.24, 2.45) is 5.92 Å². The number of nitriles is 1. The summed E-state index contributed by atoms with van der Waals surface area (Å²) in [6, 6.07) is 1.99. The van der Waals surface area contributed by atoms with Gasteiger partial charge in [0.15, 0.2) is 0 Å². The van der Waals surface area contributed by atoms with Crippen molar-refractivity contribution in [2.45, 2.75) is 0 Å². The average molecular weight is 124 g/mol. The predicted molar refractivity (Wildman–Crippen MR) is 29.6 cm³/mol. The Bertz CT molecular complexity index is 159. The van der Waals surface area contributed by atoms with E-state index in [0.717, 1.165) is 0 Å². The van der Waals surface area contributed by atoms with Gasteiger partial charge in [0.05, 0.1) is 12.3 Å². The molecule has 1 rings (SSSR count). The third kappa shape index (κ3) is 1.03. The van der Waals surface area contributed by atoms with Gasteiger partial charge in [0.2, 0.25) is 0 Å². The van der Waals surface area contributed by atoms with Gasteiger partial charge in [-0.2, -0.15) is 5.26 Å². The number of rotatable bonds is 1. The van der Waals surface area contributed by atoms with Crippen LogP contribution in [0.1, 0.15) is 0 Å². The summed E-state index contributed by atoms with van der Waals surface area (Å²) in [5, 5.41) is 8.39. The molecule has 0 N–H and O–H groups in total. The highest BCUT2D eigenvalue weighted by Crippen LogP contribution is 2.23. The number of hydrogen-bond acceptors (Lipinski definition) is 3. The maximum atomic E-state index is 8.39. The summed E-state index contributed by atoms with van der Waals surface area (Å²) in [7, 11) is 1.48. The molecular formula is C6H6NO2. The van der Waals surface area contributed by atoms with E-state index >= 15 is 0 Å². The van der Waals surface area contributed by atoms with Crippen molar-refractivity contribution in [3.8, 4) is 6.07 Å². The maximum absolute atomic E-state index is 8.39. The monoisotopic (exact) mass is 124 g/mol. The minimum atomic E-state index is -0.324. The lowest BCUT2D eigenvalue weighted by Gasteiger charge is -2.06. The van der Waals surface area contributed by atoms with Crippen molar-refractivity contribution in [1.82, 2.24) is 0 Å². The summed E-state index contributed by atoms with van der Waals surface area (Å²) in [5.41, 5.74) is 0. The highest BCUT2D eigenvalue weighted by Gasteiger charge is 2.25. The Hall–Kier alpha value is -1.01. The number of nitrogens with zero attached hydrogens (tertiary/aromatic N) is 1. The lowest BCUT2D eigenvalue weighted by molar-refractivity contribution is 0.0258. The Labute approximate surface area is 53.5 Å². The van der Waals surface area contributed by atoms with Crippen LogP contribution in [0.4, 0.5) is 0 Å². The second-order valence-electron chi connectivity index (χ2n) is 1.58. The lowest BCUT2D eigenvalue weighted by Crippen LogP contribution is -2.06. The Morgan fingerprint density at radius 2 is 2.67 bits per heavy atom. The van der Waals surface area contributed by atoms with Gasteiger partial charge in [0.1, 0.15) is 5.92 Å². The zero-order valence-electron chi connectivity index (χ0n) is 5.00. The van der Waals surface area contributed by atoms with Gasteiger partial charge < -0.3 is 9.47 Å². The first-order valence-corrected chi connectivity index (χ1v) is 2.52. The number of hydrogen-bond donors (Lipinski definition) is 0. The number of methoxy groups -OCH3 is 1. The fourth-order valence-electron chi connectivity index (χ4n) is 0.608. The summed E-state index contributed by atoms with van der Waals surface area (Å²) in [5.74, 6) is -0.324. The molecule has 3 heteroatoms. The van der Waals surface area contributed by atoms with Gasteiger partial charge in [-0.25, -0.2) is 0 Å². The van der Waals surface area contributed by atoms with Crippen molar-refractivity contribution in [1.29, 1.82) is 5.26 Å². The van der Waals surface area contributed by atoms with Gasteiger partial charge in [-0.1, -0.05) is 0 Å². The predicted octanol–water partition coefficient (Wildman–Crippen LogP) is 0.806. The van der Waals surface area contributed by atoms with Crippen LogP contribution in [-0.2, 0) is 9.47 Å². The molecule has 0 aliphatic carbocycles. The van der Waals surface area contributed by atoms with E-state index < -0.39 is 0 Å². The molecule has 3 nitrogen and oxygen atoms in total. The first-order chi connectivity index (χ1) is 4.38. The molecule has 0 saturated carbocycles. The molecule has 0 aromatic heterocycles. The van der Waals surface area contributed by atoms with E-state index in [-0.39, 0.29) is 5.92 Å². The van der Waals surface area contributed by atoms with Gasteiger partial charge in [-0.3, -0.25) is 0 Å². The van der Waals surface area contributed by atoms with Gasteiger partial charge in [-0.05, 0) is 6.08 Å². The summed E-state index contributed by atoms with van der Waals surface area (Å²) < 4.78 is 9.52. The van der Waals surface area contributed by atoms with Crippen molar-refractivity contribution < 1.29 is 9.47 Å². The van der Waals surface area contributed by atoms with E-state index in [2.05, 4.69) is 0 Å². The van der Waals surface area contributed by atoms with Crippen LogP contribution in [0.2, 0.25) is 0 Å². The van der Waals surface area contributed by atoms with Gasteiger partial charge in [-0.15, -0.1) is 0 Å². The lowest BCUT2D eigenvalue weighted by atomic mass is 10.2. The van der Waals surface area contributed by atoms with E-state index in [4.69, 9.17) is 14.7 Å². The third-order valence-electron chi connectivity index (χ3n) is 1.05. The van der Waals surface area contributed by atoms with Gasteiger partial charge in [0, 0.05) is 7.11 Å². The molecule has 0 bridgehead atoms. The van der Waals surface area contributed by atoms with Gasteiger partial charge >= 0.3 is 0 Å². The zero-order valence-corrected chi connectivity index (χ0v) is 5.00. The van der Waals surface area contributed by atoms with E-state index in [9.17, 15) is 0 Å². The molecule has 1 heterocycles. The fraction of sp³-hybridized carbons (Fsp3) is 0.333. The first kappa shape index (κ1) is 6.12. The van der Waals surface area contributed by atoms with Crippen molar-refractivity contribution in [3.63, 3.8) is 0 Å². The standard InChI is InChI=1S/C6H6NO2/c1-8-6-5(4-7)2-3-9-6/h2-3,5H,1H3. The van der Waals surface area contributed by atoms with E-state index in [1.54, 1.807) is 6.08 Å². The van der Waals surface area contributed by atoms with Gasteiger partial charge in [0.25, 0.3) is 6.29 Å². The average Bonchev–Trinajstić information content (AvgIpc) is 2.33. The topological polar surface area (TPSA) is 42.2 Å². The molecule has 1 atom stereocenters. The Balaban J connectivity index is 2.52. The van der Waals surface area contributed by atoms with Crippen LogP contribution in [-0.4, -0.2) is 7.11 Å². The molecule has 0 spiro atoms. The summed E-state index contributed by atoms with van der Waals surface area (Å²) in [6.07, 6.45) is 3.45. The molecule has 0 fully saturated rings. The Morgan fingerprint density at radius 1 is 1.89 bits per heavy atom. The van der Waals surface area contributed by atoms with Crippen molar-refractivity contribution in [2.75, 3.05) is 7.11 Å². The highest BCUT2D eigenvalue weighted by atomic mass is 16.7. The molecule has 47 valence electrons. The summed E-state index contributed by atoms with van der Waals surface area (Å²) in [6.45, 7) is 0. The minimum Gasteiger partial charge on any atom is -0.462 e. The molecule has 0 saturated heterocycles. The quantitative estimate of drug-likeness (QED) is 0.519. The van der Waals surface area contributed by atoms with Crippen LogP contribution in [0.5, 0.6) is 0 Å². The van der Waals surface area contributed by atoms with E-state index in [1.807, 2.05) is 6.07 Å². The van der Waals surface area contributed by atoms with Crippen LogP contribution in [0.15, 0.2) is 12.3 Å². The molecule has 0 amide bonds. The smallest absolute Gasteiger partial charge is 0.297 e. The van der Waals surface area contributed by atoms with E-state index in [0.29, 0.717) is 6.29 Å². The largest absolute Gasteiger partial charge is 0.462 e. The van der Waals surface area contributed by atoms with Crippen LogP contribution < -0.4 is 0 Å². The summed E-state index contributed by atoms with van der Waals surface area (Å²) in [4.78, 5) is 0.